The molecule has 0 amide bonds. The number of thioether (sulfide) groups is 1. The molecule has 30 heavy (non-hydrogen) atoms. The Morgan fingerprint density at radius 3 is 2.43 bits per heavy atom. The normalized spacial score (nSPS) is 16.3. The van der Waals surface area contributed by atoms with Crippen LogP contribution < -0.4 is 9.47 Å². The van der Waals surface area contributed by atoms with E-state index in [4.69, 9.17) is 25.8 Å². The second-order valence-corrected chi connectivity index (χ2v) is 7.51. The second kappa shape index (κ2) is 9.73. The predicted molar refractivity (Wildman–Crippen MR) is 120 cm³/mol. The topological polar surface area (TPSA) is 77.4 Å². The zero-order valence-corrected chi connectivity index (χ0v) is 18.2. The lowest BCUT2D eigenvalue weighted by atomic mass is 10.1. The van der Waals surface area contributed by atoms with Crippen LogP contribution in [0.1, 0.15) is 12.5 Å². The number of hydrogen-bond donors (Lipinski definition) is 1. The van der Waals surface area contributed by atoms with E-state index < -0.39 is 5.97 Å². The van der Waals surface area contributed by atoms with Crippen LogP contribution in [-0.4, -0.2) is 36.9 Å². The van der Waals surface area contributed by atoms with Gasteiger partial charge in [-0.2, -0.15) is 0 Å². The van der Waals surface area contributed by atoms with Crippen molar-refractivity contribution in [2.45, 2.75) is 6.92 Å². The molecule has 1 heterocycles. The lowest BCUT2D eigenvalue weighted by molar-refractivity contribution is -0.138. The van der Waals surface area contributed by atoms with E-state index >= 15 is 0 Å². The van der Waals surface area contributed by atoms with E-state index in [-0.39, 0.29) is 17.9 Å². The molecule has 156 valence electrons. The van der Waals surface area contributed by atoms with Gasteiger partial charge < -0.3 is 19.3 Å². The van der Waals surface area contributed by atoms with Crippen molar-refractivity contribution < 1.29 is 24.1 Å². The van der Waals surface area contributed by atoms with Crippen LogP contribution in [0.15, 0.2) is 63.7 Å². The van der Waals surface area contributed by atoms with E-state index in [2.05, 4.69) is 4.99 Å². The lowest BCUT2D eigenvalue weighted by Crippen LogP contribution is -2.12. The van der Waals surface area contributed by atoms with Crippen LogP contribution in [0.4, 0.5) is 5.69 Å². The van der Waals surface area contributed by atoms with E-state index in [9.17, 15) is 9.90 Å². The molecule has 2 aromatic carbocycles. The number of ether oxygens (including phenoxy) is 3. The summed E-state index contributed by atoms with van der Waals surface area (Å²) in [6, 6.07) is 12.3. The van der Waals surface area contributed by atoms with Gasteiger partial charge in [-0.05, 0) is 42.8 Å². The maximum absolute atomic E-state index is 12.5. The molecule has 3 rings (SSSR count). The van der Waals surface area contributed by atoms with Crippen LogP contribution in [-0.2, 0) is 9.53 Å². The van der Waals surface area contributed by atoms with Gasteiger partial charge in [0.15, 0.2) is 0 Å². The third kappa shape index (κ3) is 4.80. The van der Waals surface area contributed by atoms with E-state index in [1.54, 1.807) is 69.7 Å². The van der Waals surface area contributed by atoms with Gasteiger partial charge in [0.1, 0.15) is 27.9 Å². The number of esters is 1. The minimum absolute atomic E-state index is 0.00267. The molecule has 0 saturated carbocycles. The molecule has 0 fully saturated rings. The van der Waals surface area contributed by atoms with Gasteiger partial charge in [-0.25, -0.2) is 9.79 Å². The Labute approximate surface area is 183 Å². The van der Waals surface area contributed by atoms with Gasteiger partial charge in [0.2, 0.25) is 0 Å². The summed E-state index contributed by atoms with van der Waals surface area (Å²) in [5.41, 5.74) is 1.21. The summed E-state index contributed by atoms with van der Waals surface area (Å²) < 4.78 is 15.7. The lowest BCUT2D eigenvalue weighted by Gasteiger charge is -2.06. The van der Waals surface area contributed by atoms with Crippen molar-refractivity contribution in [3.8, 4) is 11.5 Å². The van der Waals surface area contributed by atoms with Crippen LogP contribution in [0.2, 0.25) is 5.02 Å². The number of carbonyl (C=O) groups excluding carboxylic acids is 1. The third-order valence-electron chi connectivity index (χ3n) is 4.12. The first-order valence-electron chi connectivity index (χ1n) is 9.03. The third-order valence-corrected chi connectivity index (χ3v) is 5.46. The van der Waals surface area contributed by atoms with Crippen molar-refractivity contribution >= 4 is 46.1 Å². The summed E-state index contributed by atoms with van der Waals surface area (Å²) >= 11 is 7.36. The number of nitrogens with zero attached hydrogens (tertiary/aromatic N) is 1. The molecule has 0 unspecified atom stereocenters. The van der Waals surface area contributed by atoms with Crippen molar-refractivity contribution in [2.24, 2.45) is 4.99 Å². The van der Waals surface area contributed by atoms with Gasteiger partial charge in [-0.3, -0.25) is 0 Å². The monoisotopic (exact) mass is 445 g/mol. The SMILES string of the molecule is CCOC(=O)C1=C(O)C(=Cc2cc(OC)cc(OC)c2)SC1=Nc1ccccc1Cl. The first kappa shape index (κ1) is 21.8. The zero-order chi connectivity index (χ0) is 21.7. The Bertz CT molecular complexity index is 1040. The fourth-order valence-corrected chi connectivity index (χ4v) is 3.91. The summed E-state index contributed by atoms with van der Waals surface area (Å²) in [6.07, 6.45) is 1.72. The number of rotatable bonds is 6. The number of methoxy groups -OCH3 is 2. The molecular weight excluding hydrogens is 426 g/mol. The summed E-state index contributed by atoms with van der Waals surface area (Å²) in [7, 11) is 3.11. The Hall–Kier alpha value is -2.90. The van der Waals surface area contributed by atoms with Crippen molar-refractivity contribution in [2.75, 3.05) is 20.8 Å². The quantitative estimate of drug-likeness (QED) is 0.587. The van der Waals surface area contributed by atoms with E-state index in [0.717, 1.165) is 17.3 Å². The molecule has 2 aromatic rings. The van der Waals surface area contributed by atoms with Gasteiger partial charge >= 0.3 is 5.97 Å². The molecular formula is C22H20ClNO5S. The second-order valence-electron chi connectivity index (χ2n) is 6.07. The Morgan fingerprint density at radius 2 is 1.83 bits per heavy atom. The molecule has 8 heteroatoms. The van der Waals surface area contributed by atoms with Gasteiger partial charge in [0.05, 0.1) is 36.4 Å². The number of aliphatic hydroxyl groups is 1. The molecule has 0 saturated heterocycles. The largest absolute Gasteiger partial charge is 0.506 e. The zero-order valence-electron chi connectivity index (χ0n) is 16.6. The average molecular weight is 446 g/mol. The number of para-hydroxylation sites is 1. The number of carbonyl (C=O) groups is 1. The van der Waals surface area contributed by atoms with E-state index in [1.165, 1.54) is 0 Å². The molecule has 1 N–H and O–H groups in total. The van der Waals surface area contributed by atoms with Crippen molar-refractivity contribution in [3.63, 3.8) is 0 Å². The number of aliphatic imine (C=N–C) groups is 1. The van der Waals surface area contributed by atoms with Crippen molar-refractivity contribution in [1.29, 1.82) is 0 Å². The van der Waals surface area contributed by atoms with Crippen LogP contribution in [0.5, 0.6) is 11.5 Å². The molecule has 6 nitrogen and oxygen atoms in total. The molecule has 0 spiro atoms. The van der Waals surface area contributed by atoms with Gasteiger partial charge in [-0.1, -0.05) is 35.5 Å². The average Bonchev–Trinajstić information content (AvgIpc) is 3.04. The first-order valence-corrected chi connectivity index (χ1v) is 10.2. The van der Waals surface area contributed by atoms with Gasteiger partial charge in [-0.15, -0.1) is 0 Å². The minimum atomic E-state index is -0.653. The van der Waals surface area contributed by atoms with Crippen molar-refractivity contribution in [1.82, 2.24) is 0 Å². The van der Waals surface area contributed by atoms with Crippen LogP contribution in [0.25, 0.3) is 6.08 Å². The Kier molecular flexibility index (Phi) is 7.07. The fourth-order valence-electron chi connectivity index (χ4n) is 2.71. The number of hydrogen-bond acceptors (Lipinski definition) is 7. The summed E-state index contributed by atoms with van der Waals surface area (Å²) in [4.78, 5) is 17.4. The Balaban J connectivity index is 2.08. The molecule has 1 aliphatic heterocycles. The molecule has 0 radical (unpaired) electrons. The first-order chi connectivity index (χ1) is 14.5. The summed E-state index contributed by atoms with van der Waals surface area (Å²) in [5, 5.41) is 11.5. The van der Waals surface area contributed by atoms with Crippen molar-refractivity contribution in [3.05, 3.63) is 69.3 Å². The van der Waals surface area contributed by atoms with Gasteiger partial charge in [0, 0.05) is 6.07 Å². The maximum Gasteiger partial charge on any atom is 0.344 e. The van der Waals surface area contributed by atoms with Crippen LogP contribution >= 0.6 is 23.4 Å². The molecule has 0 aliphatic carbocycles. The van der Waals surface area contributed by atoms with Crippen LogP contribution in [0, 0.1) is 0 Å². The molecule has 0 bridgehead atoms. The van der Waals surface area contributed by atoms with E-state index in [1.807, 2.05) is 0 Å². The highest BCUT2D eigenvalue weighted by Crippen LogP contribution is 2.41. The predicted octanol–water partition coefficient (Wildman–Crippen LogP) is 5.55. The molecule has 1 aliphatic rings. The number of aliphatic hydroxyl groups excluding tert-OH is 1. The van der Waals surface area contributed by atoms with Gasteiger partial charge in [0.25, 0.3) is 0 Å². The molecule has 0 aromatic heterocycles. The number of halogens is 1. The maximum atomic E-state index is 12.5. The highest BCUT2D eigenvalue weighted by molar-refractivity contribution is 8.18. The highest BCUT2D eigenvalue weighted by atomic mass is 35.5. The Morgan fingerprint density at radius 1 is 1.17 bits per heavy atom. The smallest absolute Gasteiger partial charge is 0.344 e. The highest BCUT2D eigenvalue weighted by Gasteiger charge is 2.33. The number of benzene rings is 2. The molecule has 0 atom stereocenters. The summed E-state index contributed by atoms with van der Waals surface area (Å²) in [5.74, 6) is 0.345. The minimum Gasteiger partial charge on any atom is -0.506 e. The fraction of sp³-hybridized carbons (Fsp3) is 0.182. The van der Waals surface area contributed by atoms with Crippen LogP contribution in [0.3, 0.4) is 0 Å². The summed E-state index contributed by atoms with van der Waals surface area (Å²) in [6.45, 7) is 1.87. The van der Waals surface area contributed by atoms with E-state index in [0.29, 0.717) is 32.2 Å². The standard InChI is InChI=1S/C22H20ClNO5S/c1-4-29-22(26)19-20(25)18(11-13-9-14(27-2)12-15(10-13)28-3)30-21(19)24-17-8-6-5-7-16(17)23/h5-12,25H,4H2,1-3H3.